The molecule has 9 nitrogen and oxygen atoms in total. The van der Waals surface area contributed by atoms with Crippen LogP contribution >= 0.6 is 0 Å². The molecule has 0 amide bonds. The van der Waals surface area contributed by atoms with Crippen molar-refractivity contribution in [2.75, 3.05) is 6.61 Å². The van der Waals surface area contributed by atoms with Gasteiger partial charge in [-0.05, 0) is 41.5 Å². The molecule has 0 radical (unpaired) electrons. The lowest BCUT2D eigenvalue weighted by atomic mass is 9.76. The van der Waals surface area contributed by atoms with E-state index in [1.54, 1.807) is 6.07 Å². The van der Waals surface area contributed by atoms with Gasteiger partial charge in [-0.1, -0.05) is 12.1 Å². The van der Waals surface area contributed by atoms with Crippen molar-refractivity contribution in [3.63, 3.8) is 0 Å². The quantitative estimate of drug-likeness (QED) is 0.271. The van der Waals surface area contributed by atoms with Crippen molar-refractivity contribution in [2.45, 2.75) is 43.5 Å². The average molecular weight is 432 g/mol. The summed E-state index contributed by atoms with van der Waals surface area (Å²) in [5.41, 5.74) is -1.25. The molecule has 0 aromatic heterocycles. The Hall–Kier alpha value is -2.66. The molecule has 9 heteroatoms. The molecule has 0 bridgehead atoms. The minimum atomic E-state index is -1.75. The lowest BCUT2D eigenvalue weighted by Gasteiger charge is -2.48. The Kier molecular flexibility index (Phi) is 5.21. The summed E-state index contributed by atoms with van der Waals surface area (Å²) in [6, 6.07) is 7.15. The van der Waals surface area contributed by atoms with E-state index >= 15 is 0 Å². The van der Waals surface area contributed by atoms with Crippen LogP contribution in [0.25, 0.3) is 21.5 Å². The number of aromatic hydroxyl groups is 3. The Morgan fingerprint density at radius 3 is 2.23 bits per heavy atom. The maximum absolute atomic E-state index is 10.9. The second-order valence-electron chi connectivity index (χ2n) is 7.99. The van der Waals surface area contributed by atoms with E-state index < -0.39 is 49.0 Å². The molecule has 3 unspecified atom stereocenters. The highest BCUT2D eigenvalue weighted by Gasteiger charge is 2.52. The molecule has 4 rings (SSSR count). The fourth-order valence-corrected chi connectivity index (χ4v) is 4.56. The summed E-state index contributed by atoms with van der Waals surface area (Å²) >= 11 is 0. The summed E-state index contributed by atoms with van der Waals surface area (Å²) in [7, 11) is 0. The van der Waals surface area contributed by atoms with Gasteiger partial charge in [0.25, 0.3) is 0 Å². The molecule has 1 fully saturated rings. The molecule has 3 aromatic rings. The van der Waals surface area contributed by atoms with Gasteiger partial charge in [-0.15, -0.1) is 0 Å². The van der Waals surface area contributed by atoms with E-state index in [4.69, 9.17) is 4.74 Å². The van der Waals surface area contributed by atoms with Crippen LogP contribution in [0.2, 0.25) is 0 Å². The van der Waals surface area contributed by atoms with Crippen molar-refractivity contribution in [1.29, 1.82) is 0 Å². The molecule has 5 atom stereocenters. The highest BCUT2D eigenvalue weighted by Crippen LogP contribution is 2.51. The van der Waals surface area contributed by atoms with Gasteiger partial charge in [0.05, 0.1) is 24.0 Å². The minimum Gasteiger partial charge on any atom is -0.507 e. The van der Waals surface area contributed by atoms with Gasteiger partial charge in [0.15, 0.2) is 0 Å². The van der Waals surface area contributed by atoms with Gasteiger partial charge in [0.1, 0.15) is 47.3 Å². The Morgan fingerprint density at radius 1 is 0.903 bits per heavy atom. The van der Waals surface area contributed by atoms with Crippen LogP contribution < -0.4 is 0 Å². The molecule has 1 heterocycles. The molecule has 1 aliphatic rings. The van der Waals surface area contributed by atoms with Crippen LogP contribution in [0, 0.1) is 0 Å². The van der Waals surface area contributed by atoms with Gasteiger partial charge in [0.2, 0.25) is 0 Å². The summed E-state index contributed by atoms with van der Waals surface area (Å²) in [5.74, 6) is -1.09. The summed E-state index contributed by atoms with van der Waals surface area (Å²) in [6.45, 7) is 0.364. The third-order valence-corrected chi connectivity index (χ3v) is 6.11. The van der Waals surface area contributed by atoms with E-state index in [1.165, 1.54) is 31.2 Å². The van der Waals surface area contributed by atoms with E-state index in [-0.39, 0.29) is 38.6 Å². The third-order valence-electron chi connectivity index (χ3n) is 6.11. The van der Waals surface area contributed by atoms with E-state index in [2.05, 4.69) is 0 Å². The highest BCUT2D eigenvalue weighted by atomic mass is 16.6. The van der Waals surface area contributed by atoms with E-state index in [9.17, 15) is 40.9 Å². The fourth-order valence-electron chi connectivity index (χ4n) is 4.56. The smallest absolute Gasteiger partial charge is 0.138 e. The molecule has 166 valence electrons. The first-order valence-electron chi connectivity index (χ1n) is 9.72. The predicted octanol–water partition coefficient (Wildman–Crippen LogP) is 0.291. The van der Waals surface area contributed by atoms with E-state index in [0.717, 1.165) is 0 Å². The topological polar surface area (TPSA) is 171 Å². The lowest BCUT2D eigenvalue weighted by molar-refractivity contribution is -0.272. The van der Waals surface area contributed by atoms with E-state index in [0.29, 0.717) is 5.56 Å². The average Bonchev–Trinajstić information content (AvgIpc) is 2.74. The minimum absolute atomic E-state index is 0.0183. The third kappa shape index (κ3) is 3.01. The zero-order valence-electron chi connectivity index (χ0n) is 16.6. The maximum atomic E-state index is 10.9. The number of rotatable bonds is 3. The fraction of sp³-hybridized carbons (Fsp3) is 0.364. The monoisotopic (exact) mass is 432 g/mol. The normalized spacial score (nSPS) is 29.0. The molecular weight excluding hydrogens is 408 g/mol. The van der Waals surface area contributed by atoms with Crippen LogP contribution in [0.15, 0.2) is 30.3 Å². The van der Waals surface area contributed by atoms with Crippen molar-refractivity contribution < 1.29 is 45.6 Å². The summed E-state index contributed by atoms with van der Waals surface area (Å²) in [4.78, 5) is 0. The molecule has 1 aliphatic heterocycles. The zero-order valence-corrected chi connectivity index (χ0v) is 16.6. The van der Waals surface area contributed by atoms with Crippen molar-refractivity contribution in [2.24, 2.45) is 0 Å². The Balaban J connectivity index is 2.19. The van der Waals surface area contributed by atoms with E-state index in [1.807, 2.05) is 0 Å². The van der Waals surface area contributed by atoms with Gasteiger partial charge < -0.3 is 45.6 Å². The number of phenols is 3. The summed E-state index contributed by atoms with van der Waals surface area (Å²) in [5, 5.41) is 83.2. The molecule has 0 aliphatic carbocycles. The van der Waals surface area contributed by atoms with Gasteiger partial charge in [-0.3, -0.25) is 0 Å². The molecule has 0 saturated carbocycles. The Morgan fingerprint density at radius 2 is 1.58 bits per heavy atom. The number of ether oxygens (including phenoxy) is 1. The van der Waals surface area contributed by atoms with Crippen LogP contribution in [0.5, 0.6) is 17.2 Å². The standard InChI is InChI=1S/C22H24O9/c1-22(21(30)20(29)18(27)14(8-24)31-22)17-10-3-2-4-12(25)15(10)19(28)16-11(17)5-9(7-23)6-13(16)26/h2-6,14,18,20-21,23-30H,7-8H2,1H3/t14?,18-,20?,21+,22?/m1/s1. The van der Waals surface area contributed by atoms with Gasteiger partial charge in [-0.25, -0.2) is 0 Å². The number of aliphatic hydroxyl groups excluding tert-OH is 5. The van der Waals surface area contributed by atoms with Gasteiger partial charge >= 0.3 is 0 Å². The van der Waals surface area contributed by atoms with Crippen LogP contribution in [-0.2, 0) is 16.9 Å². The number of hydrogen-bond donors (Lipinski definition) is 8. The summed E-state index contributed by atoms with van der Waals surface area (Å²) in [6.07, 6.45) is -6.16. The Bertz CT molecular complexity index is 1160. The zero-order chi connectivity index (χ0) is 22.7. The van der Waals surface area contributed by atoms with Crippen LogP contribution in [0.1, 0.15) is 18.1 Å². The van der Waals surface area contributed by atoms with Gasteiger partial charge in [-0.2, -0.15) is 0 Å². The van der Waals surface area contributed by atoms with Crippen LogP contribution in [0.4, 0.5) is 0 Å². The Labute approximate surface area is 176 Å². The number of aliphatic hydroxyl groups is 5. The SMILES string of the molecule is CC1(c2c3cccc(O)c3c(O)c3c(O)cc(CO)cc23)OC(CO)[C@@H](O)C(O)[C@@H]1O. The second-order valence-corrected chi connectivity index (χ2v) is 7.99. The van der Waals surface area contributed by atoms with Crippen molar-refractivity contribution in [3.8, 4) is 17.2 Å². The number of phenolic OH excluding ortho intramolecular Hbond substituents is 3. The molecule has 1 saturated heterocycles. The maximum Gasteiger partial charge on any atom is 0.138 e. The van der Waals surface area contributed by atoms with Crippen molar-refractivity contribution >= 4 is 21.5 Å². The highest BCUT2D eigenvalue weighted by molar-refractivity contribution is 6.13. The molecule has 0 spiro atoms. The number of fused-ring (bicyclic) bond motifs is 2. The van der Waals surface area contributed by atoms with Crippen molar-refractivity contribution in [1.82, 2.24) is 0 Å². The molecule has 3 aromatic carbocycles. The first-order chi connectivity index (χ1) is 14.7. The first-order valence-corrected chi connectivity index (χ1v) is 9.72. The summed E-state index contributed by atoms with van der Waals surface area (Å²) < 4.78 is 5.90. The molecule has 8 N–H and O–H groups in total. The predicted molar refractivity (Wildman–Crippen MR) is 110 cm³/mol. The van der Waals surface area contributed by atoms with Crippen LogP contribution in [-0.4, -0.2) is 71.9 Å². The number of benzene rings is 3. The van der Waals surface area contributed by atoms with Crippen molar-refractivity contribution in [3.05, 3.63) is 41.5 Å². The largest absolute Gasteiger partial charge is 0.507 e. The van der Waals surface area contributed by atoms with Gasteiger partial charge in [0, 0.05) is 5.56 Å². The molecular formula is C22H24O9. The van der Waals surface area contributed by atoms with Crippen LogP contribution in [0.3, 0.4) is 0 Å². The first kappa shape index (κ1) is 21.6. The second kappa shape index (κ2) is 7.49. The number of hydrogen-bond acceptors (Lipinski definition) is 9. The lowest BCUT2D eigenvalue weighted by Crippen LogP contribution is -2.62. The molecule has 31 heavy (non-hydrogen) atoms.